The predicted octanol–water partition coefficient (Wildman–Crippen LogP) is 5.07. The summed E-state index contributed by atoms with van der Waals surface area (Å²) in [6.45, 7) is 6.84. The van der Waals surface area contributed by atoms with E-state index in [0.29, 0.717) is 13.2 Å². The number of nitrogens with one attached hydrogen (secondary N) is 1. The molecule has 2 aromatic heterocycles. The number of ether oxygens (including phenoxy) is 1. The number of carboxylic acids is 1. The Morgan fingerprint density at radius 1 is 1.23 bits per heavy atom. The zero-order valence-corrected chi connectivity index (χ0v) is 19.5. The quantitative estimate of drug-likeness (QED) is 0.396. The molecule has 1 amide bonds. The minimum absolute atomic E-state index is 0.0387. The highest BCUT2D eigenvalue weighted by atomic mass is 32.1. The first-order chi connectivity index (χ1) is 14.9. The Kier molecular flexibility index (Phi) is 10.7. The summed E-state index contributed by atoms with van der Waals surface area (Å²) < 4.78 is 5.26. The molecule has 7 heteroatoms. The standard InChI is InChI=1S/C24H34N2O4S/c1-4-6-7-8-9-17(3)23(27)26-15-20-13-19(16-31-20)21-11-10-18(14-25-21)12-22(24(28)29)30-5-2/h10-11,13-14,16-17,22H,4-9,12,15H2,1-3H3,(H,26,27)(H,28,29). The smallest absolute Gasteiger partial charge is 0.333 e. The number of carboxylic acid groups (broad SMARTS) is 1. The zero-order chi connectivity index (χ0) is 22.6. The molecule has 2 N–H and O–H groups in total. The summed E-state index contributed by atoms with van der Waals surface area (Å²) in [4.78, 5) is 29.1. The Bertz CT molecular complexity index is 819. The van der Waals surface area contributed by atoms with Gasteiger partial charge in [-0.15, -0.1) is 11.3 Å². The lowest BCUT2D eigenvalue weighted by atomic mass is 10.0. The van der Waals surface area contributed by atoms with Gasteiger partial charge in [-0.3, -0.25) is 9.78 Å². The van der Waals surface area contributed by atoms with Crippen LogP contribution in [0.5, 0.6) is 0 Å². The molecule has 2 unspecified atom stereocenters. The third-order valence-corrected chi connectivity index (χ3v) is 6.15. The summed E-state index contributed by atoms with van der Waals surface area (Å²) in [5.41, 5.74) is 2.64. The van der Waals surface area contributed by atoms with E-state index in [-0.39, 0.29) is 18.2 Å². The van der Waals surface area contributed by atoms with E-state index in [1.54, 1.807) is 24.5 Å². The van der Waals surface area contributed by atoms with Crippen LogP contribution < -0.4 is 5.32 Å². The lowest BCUT2D eigenvalue weighted by Gasteiger charge is -2.12. The summed E-state index contributed by atoms with van der Waals surface area (Å²) in [6.07, 6.45) is 6.79. The van der Waals surface area contributed by atoms with Crippen molar-refractivity contribution < 1.29 is 19.4 Å². The fourth-order valence-corrected chi connectivity index (χ4v) is 4.13. The van der Waals surface area contributed by atoms with Crippen molar-refractivity contribution in [2.75, 3.05) is 6.61 Å². The van der Waals surface area contributed by atoms with E-state index in [9.17, 15) is 14.7 Å². The van der Waals surface area contributed by atoms with Crippen LogP contribution in [0.2, 0.25) is 0 Å². The van der Waals surface area contributed by atoms with Gasteiger partial charge in [0.1, 0.15) is 0 Å². The van der Waals surface area contributed by atoms with Crippen LogP contribution in [0.15, 0.2) is 29.8 Å². The molecule has 2 aromatic rings. The van der Waals surface area contributed by atoms with Crippen LogP contribution in [0.4, 0.5) is 0 Å². The highest BCUT2D eigenvalue weighted by Gasteiger charge is 2.18. The Morgan fingerprint density at radius 3 is 2.68 bits per heavy atom. The first kappa shape index (κ1) is 25.0. The van der Waals surface area contributed by atoms with Gasteiger partial charge in [-0.2, -0.15) is 0 Å². The molecular weight excluding hydrogens is 412 g/mol. The Morgan fingerprint density at radius 2 is 2.03 bits per heavy atom. The Balaban J connectivity index is 1.86. The third-order valence-electron chi connectivity index (χ3n) is 5.21. The average Bonchev–Trinajstić information content (AvgIpc) is 3.24. The van der Waals surface area contributed by atoms with Crippen molar-refractivity contribution in [1.29, 1.82) is 0 Å². The Labute approximate surface area is 189 Å². The molecule has 31 heavy (non-hydrogen) atoms. The molecule has 170 valence electrons. The maximum atomic E-state index is 12.3. The fraction of sp³-hybridized carbons (Fsp3) is 0.542. The molecule has 0 aliphatic rings. The van der Waals surface area contributed by atoms with Crippen molar-refractivity contribution in [3.8, 4) is 11.3 Å². The second-order valence-corrected chi connectivity index (χ2v) is 8.80. The van der Waals surface area contributed by atoms with E-state index in [2.05, 4.69) is 17.2 Å². The molecule has 0 fully saturated rings. The minimum atomic E-state index is -0.967. The number of unbranched alkanes of at least 4 members (excludes halogenated alkanes) is 3. The van der Waals surface area contributed by atoms with Gasteiger partial charge >= 0.3 is 5.97 Å². The van der Waals surface area contributed by atoms with Gasteiger partial charge < -0.3 is 15.2 Å². The van der Waals surface area contributed by atoms with Crippen molar-refractivity contribution in [2.45, 2.75) is 71.9 Å². The number of nitrogens with zero attached hydrogens (tertiary/aromatic N) is 1. The van der Waals surface area contributed by atoms with Crippen molar-refractivity contribution in [2.24, 2.45) is 5.92 Å². The monoisotopic (exact) mass is 446 g/mol. The molecule has 0 spiro atoms. The maximum absolute atomic E-state index is 12.3. The highest BCUT2D eigenvalue weighted by molar-refractivity contribution is 7.10. The lowest BCUT2D eigenvalue weighted by Crippen LogP contribution is -2.28. The number of aromatic nitrogens is 1. The molecule has 6 nitrogen and oxygen atoms in total. The molecular formula is C24H34N2O4S. The molecule has 2 atom stereocenters. The van der Waals surface area contributed by atoms with E-state index in [1.165, 1.54) is 19.3 Å². The molecule has 2 heterocycles. The second-order valence-electron chi connectivity index (χ2n) is 7.81. The lowest BCUT2D eigenvalue weighted by molar-refractivity contribution is -0.150. The molecule has 0 saturated heterocycles. The van der Waals surface area contributed by atoms with Crippen molar-refractivity contribution in [3.63, 3.8) is 0 Å². The van der Waals surface area contributed by atoms with Crippen LogP contribution in [0.1, 0.15) is 63.3 Å². The van der Waals surface area contributed by atoms with Crippen LogP contribution in [0.25, 0.3) is 11.3 Å². The Hall–Kier alpha value is -2.25. The minimum Gasteiger partial charge on any atom is -0.479 e. The van der Waals surface area contributed by atoms with Gasteiger partial charge in [0.25, 0.3) is 0 Å². The van der Waals surface area contributed by atoms with Gasteiger partial charge in [-0.1, -0.05) is 45.6 Å². The van der Waals surface area contributed by atoms with Gasteiger partial charge in [0.05, 0.1) is 12.2 Å². The summed E-state index contributed by atoms with van der Waals surface area (Å²) in [7, 11) is 0. The fourth-order valence-electron chi connectivity index (χ4n) is 3.31. The molecule has 0 aliphatic carbocycles. The van der Waals surface area contributed by atoms with Gasteiger partial charge in [-0.05, 0) is 31.0 Å². The van der Waals surface area contributed by atoms with E-state index in [1.807, 2.05) is 30.5 Å². The molecule has 0 aliphatic heterocycles. The predicted molar refractivity (Wildman–Crippen MR) is 124 cm³/mol. The third kappa shape index (κ3) is 8.42. The number of pyridine rings is 1. The van der Waals surface area contributed by atoms with Crippen molar-refractivity contribution in [3.05, 3.63) is 40.2 Å². The number of aliphatic carboxylic acids is 1. The average molecular weight is 447 g/mol. The van der Waals surface area contributed by atoms with Gasteiger partial charge in [-0.25, -0.2) is 4.79 Å². The topological polar surface area (TPSA) is 88.5 Å². The molecule has 0 radical (unpaired) electrons. The highest BCUT2D eigenvalue weighted by Crippen LogP contribution is 2.24. The van der Waals surface area contributed by atoms with E-state index in [0.717, 1.165) is 34.5 Å². The molecule has 0 aromatic carbocycles. The number of rotatable bonds is 14. The van der Waals surface area contributed by atoms with E-state index < -0.39 is 12.1 Å². The normalized spacial score (nSPS) is 13.0. The first-order valence-electron chi connectivity index (χ1n) is 11.1. The molecule has 0 saturated carbocycles. The van der Waals surface area contributed by atoms with Gasteiger partial charge in [0.15, 0.2) is 6.10 Å². The molecule has 2 rings (SSSR count). The maximum Gasteiger partial charge on any atom is 0.333 e. The van der Waals surface area contributed by atoms with Crippen LogP contribution in [0.3, 0.4) is 0 Å². The number of hydrogen-bond acceptors (Lipinski definition) is 5. The summed E-state index contributed by atoms with van der Waals surface area (Å²) in [5.74, 6) is -0.821. The van der Waals surface area contributed by atoms with E-state index in [4.69, 9.17) is 4.74 Å². The van der Waals surface area contributed by atoms with Crippen LogP contribution in [-0.2, 0) is 27.3 Å². The number of carbonyl (C=O) groups is 2. The number of amides is 1. The summed E-state index contributed by atoms with van der Waals surface area (Å²) in [5, 5.41) is 14.3. The van der Waals surface area contributed by atoms with E-state index >= 15 is 0 Å². The first-order valence-corrected chi connectivity index (χ1v) is 12.0. The van der Waals surface area contributed by atoms with Gasteiger partial charge in [0, 0.05) is 41.0 Å². The van der Waals surface area contributed by atoms with Crippen LogP contribution >= 0.6 is 11.3 Å². The van der Waals surface area contributed by atoms with Crippen molar-refractivity contribution in [1.82, 2.24) is 10.3 Å². The molecule has 0 bridgehead atoms. The number of thiophene rings is 1. The SMILES string of the molecule is CCCCCCC(C)C(=O)NCc1cc(-c2ccc(CC(OCC)C(=O)O)cn2)cs1. The largest absolute Gasteiger partial charge is 0.479 e. The summed E-state index contributed by atoms with van der Waals surface area (Å²) in [6, 6.07) is 5.82. The number of hydrogen-bond donors (Lipinski definition) is 2. The van der Waals surface area contributed by atoms with Crippen LogP contribution in [0, 0.1) is 5.92 Å². The van der Waals surface area contributed by atoms with Crippen LogP contribution in [-0.4, -0.2) is 34.7 Å². The summed E-state index contributed by atoms with van der Waals surface area (Å²) >= 11 is 1.60. The second kappa shape index (κ2) is 13.2. The van der Waals surface area contributed by atoms with Gasteiger partial charge in [0.2, 0.25) is 5.91 Å². The number of carbonyl (C=O) groups excluding carboxylic acids is 1. The van der Waals surface area contributed by atoms with Crippen molar-refractivity contribution >= 4 is 23.2 Å². The zero-order valence-electron chi connectivity index (χ0n) is 18.7.